The van der Waals surface area contributed by atoms with Crippen LogP contribution in [0.15, 0.2) is 24.3 Å². The monoisotopic (exact) mass is 286 g/mol. The third kappa shape index (κ3) is 6.21. The number of carbonyl (C=O) groups is 1. The Labute approximate surface area is 113 Å². The molecule has 0 bridgehead atoms. The SMILES string of the molecule is COC(=O)CCCS(=O)(=O)NCc1cccc(N)c1. The Morgan fingerprint density at radius 2 is 2.16 bits per heavy atom. The van der Waals surface area contributed by atoms with Crippen LogP contribution < -0.4 is 10.5 Å². The molecule has 0 unspecified atom stereocenters. The first-order chi connectivity index (χ1) is 8.93. The van der Waals surface area contributed by atoms with E-state index in [-0.39, 0.29) is 25.1 Å². The van der Waals surface area contributed by atoms with E-state index in [1.54, 1.807) is 24.3 Å². The second kappa shape index (κ2) is 7.10. The Kier molecular flexibility index (Phi) is 5.78. The number of nitrogen functional groups attached to an aromatic ring is 1. The highest BCUT2D eigenvalue weighted by Gasteiger charge is 2.11. The molecule has 106 valence electrons. The van der Waals surface area contributed by atoms with Crippen molar-refractivity contribution in [1.82, 2.24) is 4.72 Å². The van der Waals surface area contributed by atoms with Gasteiger partial charge in [-0.3, -0.25) is 4.79 Å². The van der Waals surface area contributed by atoms with E-state index < -0.39 is 16.0 Å². The smallest absolute Gasteiger partial charge is 0.305 e. The first-order valence-corrected chi connectivity index (χ1v) is 7.47. The maximum Gasteiger partial charge on any atom is 0.305 e. The molecular weight excluding hydrogens is 268 g/mol. The minimum Gasteiger partial charge on any atom is -0.469 e. The Bertz CT molecular complexity index is 528. The molecule has 1 rings (SSSR count). The third-order valence-electron chi connectivity index (χ3n) is 2.47. The summed E-state index contributed by atoms with van der Waals surface area (Å²) in [6.45, 7) is 0.186. The van der Waals surface area contributed by atoms with Crippen molar-refractivity contribution in [2.24, 2.45) is 0 Å². The van der Waals surface area contributed by atoms with E-state index in [1.165, 1.54) is 7.11 Å². The molecule has 7 heteroatoms. The minimum atomic E-state index is -3.40. The molecule has 1 aromatic carbocycles. The highest BCUT2D eigenvalue weighted by atomic mass is 32.2. The maximum atomic E-state index is 11.7. The number of carbonyl (C=O) groups excluding carboxylic acids is 1. The quantitative estimate of drug-likeness (QED) is 0.566. The zero-order valence-corrected chi connectivity index (χ0v) is 11.6. The Balaban J connectivity index is 2.40. The average Bonchev–Trinajstić information content (AvgIpc) is 2.36. The zero-order valence-electron chi connectivity index (χ0n) is 10.8. The summed E-state index contributed by atoms with van der Waals surface area (Å²) in [6, 6.07) is 6.98. The van der Waals surface area contributed by atoms with Crippen LogP contribution in [0.4, 0.5) is 5.69 Å². The maximum absolute atomic E-state index is 11.7. The van der Waals surface area contributed by atoms with Crippen molar-refractivity contribution < 1.29 is 17.9 Å². The fraction of sp³-hybridized carbons (Fsp3) is 0.417. The number of methoxy groups -OCH3 is 1. The number of ether oxygens (including phenoxy) is 1. The van der Waals surface area contributed by atoms with Crippen molar-refractivity contribution >= 4 is 21.7 Å². The number of hydrogen-bond donors (Lipinski definition) is 2. The molecule has 19 heavy (non-hydrogen) atoms. The number of nitrogens with two attached hydrogens (primary N) is 1. The van der Waals surface area contributed by atoms with Gasteiger partial charge in [0, 0.05) is 18.7 Å². The normalized spacial score (nSPS) is 11.2. The molecule has 0 aliphatic rings. The van der Waals surface area contributed by atoms with Crippen molar-refractivity contribution in [1.29, 1.82) is 0 Å². The Morgan fingerprint density at radius 3 is 2.79 bits per heavy atom. The largest absolute Gasteiger partial charge is 0.469 e. The second-order valence-electron chi connectivity index (χ2n) is 4.06. The molecule has 0 spiro atoms. The van der Waals surface area contributed by atoms with Crippen molar-refractivity contribution in [3.8, 4) is 0 Å². The van der Waals surface area contributed by atoms with Gasteiger partial charge in [-0.05, 0) is 24.1 Å². The van der Waals surface area contributed by atoms with Crippen molar-refractivity contribution in [3.05, 3.63) is 29.8 Å². The van der Waals surface area contributed by atoms with Crippen molar-refractivity contribution in [2.45, 2.75) is 19.4 Å². The molecule has 0 aliphatic carbocycles. The van der Waals surface area contributed by atoms with Gasteiger partial charge < -0.3 is 10.5 Å². The van der Waals surface area contributed by atoms with E-state index in [0.29, 0.717) is 5.69 Å². The first-order valence-electron chi connectivity index (χ1n) is 5.81. The van der Waals surface area contributed by atoms with Gasteiger partial charge in [-0.15, -0.1) is 0 Å². The van der Waals surface area contributed by atoms with E-state index in [2.05, 4.69) is 9.46 Å². The van der Waals surface area contributed by atoms with Crippen LogP contribution in [0.1, 0.15) is 18.4 Å². The topological polar surface area (TPSA) is 98.5 Å². The van der Waals surface area contributed by atoms with E-state index in [4.69, 9.17) is 5.73 Å². The zero-order chi connectivity index (χ0) is 14.3. The average molecular weight is 286 g/mol. The van der Waals surface area contributed by atoms with E-state index >= 15 is 0 Å². The van der Waals surface area contributed by atoms with Gasteiger partial charge in [-0.2, -0.15) is 0 Å². The van der Waals surface area contributed by atoms with Crippen LogP contribution >= 0.6 is 0 Å². The molecule has 6 nitrogen and oxygen atoms in total. The Morgan fingerprint density at radius 1 is 1.42 bits per heavy atom. The lowest BCUT2D eigenvalue weighted by atomic mass is 10.2. The van der Waals surface area contributed by atoms with E-state index in [9.17, 15) is 13.2 Å². The van der Waals surface area contributed by atoms with Gasteiger partial charge in [0.05, 0.1) is 12.9 Å². The number of benzene rings is 1. The van der Waals surface area contributed by atoms with Crippen molar-refractivity contribution in [3.63, 3.8) is 0 Å². The van der Waals surface area contributed by atoms with Crippen LogP contribution in [0.2, 0.25) is 0 Å². The molecule has 0 aromatic heterocycles. The summed E-state index contributed by atoms with van der Waals surface area (Å²) in [5.41, 5.74) is 6.97. The molecule has 0 amide bonds. The van der Waals surface area contributed by atoms with Crippen LogP contribution in [0.5, 0.6) is 0 Å². The number of rotatable bonds is 7. The molecule has 0 radical (unpaired) electrons. The van der Waals surface area contributed by atoms with Gasteiger partial charge in [0.15, 0.2) is 0 Å². The lowest BCUT2D eigenvalue weighted by Crippen LogP contribution is -2.26. The number of esters is 1. The van der Waals surface area contributed by atoms with Crippen LogP contribution in [0, 0.1) is 0 Å². The molecule has 0 fully saturated rings. The summed E-state index contributed by atoms with van der Waals surface area (Å²) < 4.78 is 30.2. The second-order valence-corrected chi connectivity index (χ2v) is 5.99. The van der Waals surface area contributed by atoms with Gasteiger partial charge in [0.2, 0.25) is 10.0 Å². The Hall–Kier alpha value is -1.60. The lowest BCUT2D eigenvalue weighted by Gasteiger charge is -2.07. The summed E-state index contributed by atoms with van der Waals surface area (Å²) in [4.78, 5) is 10.9. The number of sulfonamides is 1. The standard InChI is InChI=1S/C12H18N2O4S/c1-18-12(15)6-3-7-19(16,17)14-9-10-4-2-5-11(13)8-10/h2,4-5,8,14H,3,6-7,9,13H2,1H3. The van der Waals surface area contributed by atoms with Gasteiger partial charge in [-0.1, -0.05) is 12.1 Å². The van der Waals surface area contributed by atoms with Gasteiger partial charge in [0.1, 0.15) is 0 Å². The van der Waals surface area contributed by atoms with Crippen LogP contribution in [0.25, 0.3) is 0 Å². The predicted molar refractivity (Wildman–Crippen MR) is 72.7 cm³/mol. The minimum absolute atomic E-state index is 0.0930. The molecule has 0 aliphatic heterocycles. The molecule has 0 heterocycles. The molecule has 0 atom stereocenters. The van der Waals surface area contributed by atoms with Crippen LogP contribution in [0.3, 0.4) is 0 Å². The van der Waals surface area contributed by atoms with Gasteiger partial charge in [0.25, 0.3) is 0 Å². The molecule has 0 saturated heterocycles. The lowest BCUT2D eigenvalue weighted by molar-refractivity contribution is -0.140. The fourth-order valence-corrected chi connectivity index (χ4v) is 2.53. The fourth-order valence-electron chi connectivity index (χ4n) is 1.48. The number of anilines is 1. The highest BCUT2D eigenvalue weighted by Crippen LogP contribution is 2.06. The molecule has 1 aromatic rings. The van der Waals surface area contributed by atoms with E-state index in [1.807, 2.05) is 0 Å². The highest BCUT2D eigenvalue weighted by molar-refractivity contribution is 7.89. The molecule has 0 saturated carbocycles. The number of nitrogens with one attached hydrogen (secondary N) is 1. The summed E-state index contributed by atoms with van der Waals surface area (Å²) in [6.07, 6.45) is 0.328. The summed E-state index contributed by atoms with van der Waals surface area (Å²) in [7, 11) is -2.12. The van der Waals surface area contributed by atoms with E-state index in [0.717, 1.165) is 5.56 Å². The first kappa shape index (κ1) is 15.5. The summed E-state index contributed by atoms with van der Waals surface area (Å²) >= 11 is 0. The molecular formula is C12H18N2O4S. The summed E-state index contributed by atoms with van der Waals surface area (Å²) in [5.74, 6) is -0.518. The summed E-state index contributed by atoms with van der Waals surface area (Å²) in [5, 5.41) is 0. The van der Waals surface area contributed by atoms with Gasteiger partial charge >= 0.3 is 5.97 Å². The van der Waals surface area contributed by atoms with Crippen LogP contribution in [-0.2, 0) is 26.1 Å². The van der Waals surface area contributed by atoms with Crippen molar-refractivity contribution in [2.75, 3.05) is 18.6 Å². The molecule has 3 N–H and O–H groups in total. The number of hydrogen-bond acceptors (Lipinski definition) is 5. The van der Waals surface area contributed by atoms with Gasteiger partial charge in [-0.25, -0.2) is 13.1 Å². The predicted octanol–water partition coefficient (Wildman–Crippen LogP) is 0.641. The third-order valence-corrected chi connectivity index (χ3v) is 3.88. The van der Waals surface area contributed by atoms with Crippen LogP contribution in [-0.4, -0.2) is 27.2 Å².